The molecule has 2 rings (SSSR count). The maximum Gasteiger partial charge on any atom is 0.00929 e. The van der Waals surface area contributed by atoms with Crippen molar-refractivity contribution in [1.29, 1.82) is 0 Å². The molecule has 108 valence electrons. The summed E-state index contributed by atoms with van der Waals surface area (Å²) in [6, 6.07) is 1.82. The molecule has 18 heavy (non-hydrogen) atoms. The molecule has 2 saturated heterocycles. The summed E-state index contributed by atoms with van der Waals surface area (Å²) in [5.74, 6) is 0. The van der Waals surface area contributed by atoms with E-state index in [9.17, 15) is 0 Å². The highest BCUT2D eigenvalue weighted by molar-refractivity contribution is 4.76. The van der Waals surface area contributed by atoms with Crippen LogP contribution in [0, 0.1) is 0 Å². The quantitative estimate of drug-likeness (QED) is 0.753. The summed E-state index contributed by atoms with van der Waals surface area (Å²) in [4.78, 5) is 5.17. The van der Waals surface area contributed by atoms with Crippen molar-refractivity contribution in [2.45, 2.75) is 78.3 Å². The van der Waals surface area contributed by atoms with E-state index >= 15 is 0 Å². The zero-order valence-corrected chi connectivity index (χ0v) is 13.1. The first-order chi connectivity index (χ1) is 8.76. The molecule has 0 radical (unpaired) electrons. The molecule has 0 saturated carbocycles. The minimum Gasteiger partial charge on any atom is -0.301 e. The molecule has 2 fully saturated rings. The highest BCUT2D eigenvalue weighted by atomic mass is 15.2. The molecule has 2 aliphatic rings. The Balaban J connectivity index is 0.000000180. The van der Waals surface area contributed by atoms with E-state index < -0.39 is 0 Å². The largest absolute Gasteiger partial charge is 0.301 e. The Bertz CT molecular complexity index is 163. The average molecular weight is 254 g/mol. The molecule has 2 aliphatic heterocycles. The Morgan fingerprint density at radius 1 is 0.722 bits per heavy atom. The predicted octanol–water partition coefficient (Wildman–Crippen LogP) is 3.76. The number of likely N-dealkylation sites (tertiary alicyclic amines) is 2. The third-order valence-corrected chi connectivity index (χ3v) is 4.75. The van der Waals surface area contributed by atoms with E-state index in [1.807, 2.05) is 0 Å². The first-order valence-electron chi connectivity index (χ1n) is 8.24. The third kappa shape index (κ3) is 4.55. The van der Waals surface area contributed by atoms with Crippen molar-refractivity contribution in [2.24, 2.45) is 0 Å². The van der Waals surface area contributed by atoms with Gasteiger partial charge in [-0.3, -0.25) is 0 Å². The first kappa shape index (κ1) is 16.0. The summed E-state index contributed by atoms with van der Waals surface area (Å²) in [6.07, 6.45) is 8.40. The fourth-order valence-electron chi connectivity index (χ4n) is 3.55. The van der Waals surface area contributed by atoms with E-state index in [4.69, 9.17) is 0 Å². The van der Waals surface area contributed by atoms with Crippen LogP contribution in [0.3, 0.4) is 0 Å². The van der Waals surface area contributed by atoms with E-state index in [2.05, 4.69) is 37.5 Å². The van der Waals surface area contributed by atoms with Gasteiger partial charge in [0.15, 0.2) is 0 Å². The first-order valence-corrected chi connectivity index (χ1v) is 8.24. The van der Waals surface area contributed by atoms with Crippen LogP contribution in [0.4, 0.5) is 0 Å². The van der Waals surface area contributed by atoms with Crippen LogP contribution >= 0.6 is 0 Å². The highest BCUT2D eigenvalue weighted by Crippen LogP contribution is 2.19. The molecule has 0 aromatic heterocycles. The fourth-order valence-corrected chi connectivity index (χ4v) is 3.55. The molecular weight excluding hydrogens is 220 g/mol. The van der Waals surface area contributed by atoms with Crippen LogP contribution in [0.5, 0.6) is 0 Å². The van der Waals surface area contributed by atoms with Crippen LogP contribution < -0.4 is 0 Å². The molecule has 0 bridgehead atoms. The van der Waals surface area contributed by atoms with E-state index in [1.165, 1.54) is 64.7 Å². The molecule has 2 heterocycles. The number of hydrogen-bond acceptors (Lipinski definition) is 2. The highest BCUT2D eigenvalue weighted by Gasteiger charge is 2.20. The zero-order valence-electron chi connectivity index (χ0n) is 13.1. The maximum atomic E-state index is 2.58. The van der Waals surface area contributed by atoms with Gasteiger partial charge in [-0.1, -0.05) is 27.7 Å². The van der Waals surface area contributed by atoms with Crippen molar-refractivity contribution in [3.8, 4) is 0 Å². The molecule has 0 amide bonds. The summed E-state index contributed by atoms with van der Waals surface area (Å²) in [5, 5.41) is 0. The molecule has 2 nitrogen and oxygen atoms in total. The van der Waals surface area contributed by atoms with Gasteiger partial charge in [-0.05, 0) is 64.7 Å². The molecule has 0 N–H and O–H groups in total. The number of rotatable bonds is 4. The minimum atomic E-state index is 0.912. The molecule has 2 heteroatoms. The lowest BCUT2D eigenvalue weighted by Crippen LogP contribution is -2.28. The standard InChI is InChI=1S/2C8H17N/c2*1-3-8-6-5-7-9(8)4-2/h2*8H,3-7H2,1-2H3. The molecule has 0 aromatic rings. The van der Waals surface area contributed by atoms with Crippen LogP contribution in [-0.2, 0) is 0 Å². The van der Waals surface area contributed by atoms with Crippen molar-refractivity contribution in [3.05, 3.63) is 0 Å². The lowest BCUT2D eigenvalue weighted by Gasteiger charge is -2.20. The van der Waals surface area contributed by atoms with E-state index in [0.29, 0.717) is 0 Å². The van der Waals surface area contributed by atoms with Gasteiger partial charge >= 0.3 is 0 Å². The maximum absolute atomic E-state index is 2.58. The normalized spacial score (nSPS) is 29.3. The van der Waals surface area contributed by atoms with Gasteiger partial charge in [0.1, 0.15) is 0 Å². The lowest BCUT2D eigenvalue weighted by atomic mass is 10.2. The van der Waals surface area contributed by atoms with Gasteiger partial charge in [-0.25, -0.2) is 0 Å². The van der Waals surface area contributed by atoms with Gasteiger partial charge in [0.05, 0.1) is 0 Å². The van der Waals surface area contributed by atoms with Crippen LogP contribution in [0.2, 0.25) is 0 Å². The molecule has 2 unspecified atom stereocenters. The summed E-state index contributed by atoms with van der Waals surface area (Å²) in [7, 11) is 0. The second-order valence-electron chi connectivity index (χ2n) is 5.67. The van der Waals surface area contributed by atoms with Gasteiger partial charge in [-0.15, -0.1) is 0 Å². The molecular formula is C16H34N2. The Labute approximate surface area is 115 Å². The Morgan fingerprint density at radius 3 is 1.33 bits per heavy atom. The Morgan fingerprint density at radius 2 is 1.11 bits per heavy atom. The zero-order chi connectivity index (χ0) is 13.4. The van der Waals surface area contributed by atoms with Crippen molar-refractivity contribution in [2.75, 3.05) is 26.2 Å². The van der Waals surface area contributed by atoms with Crippen molar-refractivity contribution >= 4 is 0 Å². The van der Waals surface area contributed by atoms with Gasteiger partial charge in [0, 0.05) is 12.1 Å². The molecule has 2 atom stereocenters. The summed E-state index contributed by atoms with van der Waals surface area (Å²) in [6.45, 7) is 14.3. The molecule has 0 aromatic carbocycles. The van der Waals surface area contributed by atoms with Crippen molar-refractivity contribution in [3.63, 3.8) is 0 Å². The monoisotopic (exact) mass is 254 g/mol. The summed E-state index contributed by atoms with van der Waals surface area (Å²) < 4.78 is 0. The second kappa shape index (κ2) is 8.92. The van der Waals surface area contributed by atoms with Crippen molar-refractivity contribution < 1.29 is 0 Å². The summed E-state index contributed by atoms with van der Waals surface area (Å²) >= 11 is 0. The Kier molecular flexibility index (Phi) is 7.92. The number of nitrogens with zero attached hydrogens (tertiary/aromatic N) is 2. The molecule has 0 spiro atoms. The van der Waals surface area contributed by atoms with Crippen LogP contribution in [-0.4, -0.2) is 48.1 Å². The Hall–Kier alpha value is -0.0800. The van der Waals surface area contributed by atoms with E-state index in [0.717, 1.165) is 12.1 Å². The van der Waals surface area contributed by atoms with Crippen LogP contribution in [0.25, 0.3) is 0 Å². The van der Waals surface area contributed by atoms with Gasteiger partial charge in [-0.2, -0.15) is 0 Å². The third-order valence-electron chi connectivity index (χ3n) is 4.75. The average Bonchev–Trinajstić information content (AvgIpc) is 3.06. The van der Waals surface area contributed by atoms with Gasteiger partial charge in [0.2, 0.25) is 0 Å². The van der Waals surface area contributed by atoms with Crippen LogP contribution in [0.1, 0.15) is 66.2 Å². The van der Waals surface area contributed by atoms with Gasteiger partial charge in [0.25, 0.3) is 0 Å². The smallest absolute Gasteiger partial charge is 0.00929 e. The van der Waals surface area contributed by atoms with Crippen molar-refractivity contribution in [1.82, 2.24) is 9.80 Å². The van der Waals surface area contributed by atoms with Gasteiger partial charge < -0.3 is 9.80 Å². The number of hydrogen-bond donors (Lipinski definition) is 0. The fraction of sp³-hybridized carbons (Fsp3) is 1.00. The SMILES string of the molecule is CCC1CCCN1CC.CCC1CCCN1CC. The summed E-state index contributed by atoms with van der Waals surface area (Å²) in [5.41, 5.74) is 0. The predicted molar refractivity (Wildman–Crippen MR) is 81.1 cm³/mol. The van der Waals surface area contributed by atoms with Crippen LogP contribution in [0.15, 0.2) is 0 Å². The molecule has 0 aliphatic carbocycles. The topological polar surface area (TPSA) is 6.48 Å². The lowest BCUT2D eigenvalue weighted by molar-refractivity contribution is 0.261. The second-order valence-corrected chi connectivity index (χ2v) is 5.67. The van der Waals surface area contributed by atoms with E-state index in [1.54, 1.807) is 0 Å². The minimum absolute atomic E-state index is 0.912. The van der Waals surface area contributed by atoms with E-state index in [-0.39, 0.29) is 0 Å².